The Morgan fingerprint density at radius 3 is 2.13 bits per heavy atom. The molecule has 0 radical (unpaired) electrons. The van der Waals surface area contributed by atoms with Gasteiger partial charge in [0, 0.05) is 43.2 Å². The Balaban J connectivity index is 1.07. The Bertz CT molecular complexity index is 1060. The summed E-state index contributed by atoms with van der Waals surface area (Å²) in [4.78, 5) is 8.89. The number of hydrogen-bond donors (Lipinski definition) is 0. The Hall–Kier alpha value is -2.54. The smallest absolute Gasteiger partial charge is 0.395 e. The summed E-state index contributed by atoms with van der Waals surface area (Å²) in [6.07, 6.45) is 3.79. The molecule has 1 aliphatic carbocycles. The quantitative estimate of drug-likeness (QED) is 0.343. The van der Waals surface area contributed by atoms with Crippen LogP contribution in [0.15, 0.2) is 49.2 Å². The van der Waals surface area contributed by atoms with E-state index in [9.17, 15) is 13.2 Å². The van der Waals surface area contributed by atoms with Gasteiger partial charge in [-0.25, -0.2) is 4.98 Å². The number of likely N-dealkylation sites (tertiary alicyclic amines) is 2. The Morgan fingerprint density at radius 2 is 1.58 bits per heavy atom. The molecule has 2 aromatic rings. The lowest BCUT2D eigenvalue weighted by Crippen LogP contribution is -2.43. The standard InChI is InChI=1S/C31H40F3N3O/c1-3-24-12-18-37(19-13-24)23(2)26-4-6-27(7-5-26)28-8-9-29(35-20-28)38-21-25-10-16-36(17-11-25)22-30(14-15-30)31(32,33)34/h4-9,20,24-25H,2-3,10-19,21-22H2,1H3. The lowest BCUT2D eigenvalue weighted by Gasteiger charge is -2.34. The lowest BCUT2D eigenvalue weighted by molar-refractivity contribution is -0.192. The number of nitrogens with zero attached hydrogens (tertiary/aromatic N) is 3. The van der Waals surface area contributed by atoms with Gasteiger partial charge in [0.1, 0.15) is 0 Å². The Morgan fingerprint density at radius 1 is 0.947 bits per heavy atom. The summed E-state index contributed by atoms with van der Waals surface area (Å²) in [5.41, 5.74) is 2.96. The molecule has 0 bridgehead atoms. The summed E-state index contributed by atoms with van der Waals surface area (Å²) in [5.74, 6) is 1.79. The van der Waals surface area contributed by atoms with E-state index in [-0.39, 0.29) is 19.4 Å². The van der Waals surface area contributed by atoms with Gasteiger partial charge in [-0.05, 0) is 80.6 Å². The summed E-state index contributed by atoms with van der Waals surface area (Å²) in [5, 5.41) is 0. The van der Waals surface area contributed by atoms with E-state index in [2.05, 4.69) is 47.7 Å². The molecule has 3 heterocycles. The molecule has 2 saturated heterocycles. The molecular formula is C31H40F3N3O. The third-order valence-electron chi connectivity index (χ3n) is 9.02. The molecular weight excluding hydrogens is 487 g/mol. The highest BCUT2D eigenvalue weighted by Crippen LogP contribution is 2.58. The van der Waals surface area contributed by atoms with Crippen molar-refractivity contribution in [2.45, 2.75) is 58.0 Å². The topological polar surface area (TPSA) is 28.6 Å². The molecule has 1 aromatic carbocycles. The SMILES string of the molecule is C=C(c1ccc(-c2ccc(OCC3CCN(CC4(C(F)(F)F)CC4)CC3)nc2)cc1)N1CCC(CC)CC1. The van der Waals surface area contributed by atoms with Crippen molar-refractivity contribution in [2.24, 2.45) is 17.3 Å². The van der Waals surface area contributed by atoms with Crippen LogP contribution in [0.25, 0.3) is 16.8 Å². The van der Waals surface area contributed by atoms with Crippen molar-refractivity contribution in [1.29, 1.82) is 0 Å². The minimum Gasteiger partial charge on any atom is -0.477 e. The van der Waals surface area contributed by atoms with E-state index in [1.54, 1.807) is 0 Å². The van der Waals surface area contributed by atoms with Crippen molar-refractivity contribution in [2.75, 3.05) is 39.3 Å². The number of alkyl halides is 3. The number of piperidine rings is 2. The monoisotopic (exact) mass is 527 g/mol. The van der Waals surface area contributed by atoms with Crippen LogP contribution in [0.5, 0.6) is 5.88 Å². The van der Waals surface area contributed by atoms with E-state index in [0.717, 1.165) is 54.2 Å². The highest BCUT2D eigenvalue weighted by Gasteiger charge is 2.63. The molecule has 3 aliphatic rings. The normalized spacial score (nSPS) is 20.9. The van der Waals surface area contributed by atoms with E-state index in [1.165, 1.54) is 19.3 Å². The molecule has 1 aromatic heterocycles. The molecule has 4 nitrogen and oxygen atoms in total. The van der Waals surface area contributed by atoms with Crippen molar-refractivity contribution in [3.63, 3.8) is 0 Å². The molecule has 7 heteroatoms. The molecule has 5 rings (SSSR count). The molecule has 1 saturated carbocycles. The number of aromatic nitrogens is 1. The van der Waals surface area contributed by atoms with E-state index in [1.807, 2.05) is 23.2 Å². The molecule has 0 amide bonds. The van der Waals surface area contributed by atoms with Crippen LogP contribution in [-0.4, -0.2) is 60.3 Å². The van der Waals surface area contributed by atoms with Crippen LogP contribution in [0, 0.1) is 17.3 Å². The summed E-state index contributed by atoms with van der Waals surface area (Å²) in [6.45, 7) is 10.9. The maximum atomic E-state index is 13.3. The van der Waals surface area contributed by atoms with Crippen LogP contribution in [0.3, 0.4) is 0 Å². The minimum absolute atomic E-state index is 0.153. The molecule has 0 unspecified atom stereocenters. The summed E-state index contributed by atoms with van der Waals surface area (Å²) < 4.78 is 45.7. The minimum atomic E-state index is -4.08. The first-order valence-electron chi connectivity index (χ1n) is 14.2. The number of ether oxygens (including phenoxy) is 1. The van der Waals surface area contributed by atoms with Crippen LogP contribution in [0.1, 0.15) is 57.4 Å². The maximum Gasteiger partial charge on any atom is 0.395 e. The van der Waals surface area contributed by atoms with Gasteiger partial charge in [-0.15, -0.1) is 0 Å². The largest absolute Gasteiger partial charge is 0.477 e. The number of rotatable bonds is 9. The number of hydrogen-bond acceptors (Lipinski definition) is 4. The van der Waals surface area contributed by atoms with E-state index >= 15 is 0 Å². The number of halogens is 3. The maximum absolute atomic E-state index is 13.3. The van der Waals surface area contributed by atoms with Crippen LogP contribution in [-0.2, 0) is 0 Å². The molecule has 0 atom stereocenters. The van der Waals surface area contributed by atoms with Crippen LogP contribution in [0.2, 0.25) is 0 Å². The predicted octanol–water partition coefficient (Wildman–Crippen LogP) is 7.27. The fourth-order valence-corrected chi connectivity index (χ4v) is 5.91. The zero-order valence-corrected chi connectivity index (χ0v) is 22.5. The average Bonchev–Trinajstić information content (AvgIpc) is 3.74. The molecule has 206 valence electrons. The van der Waals surface area contributed by atoms with Gasteiger partial charge < -0.3 is 14.5 Å². The molecule has 3 fully saturated rings. The highest BCUT2D eigenvalue weighted by atomic mass is 19.4. The molecule has 0 spiro atoms. The third-order valence-corrected chi connectivity index (χ3v) is 9.02. The van der Waals surface area contributed by atoms with Gasteiger partial charge in [-0.1, -0.05) is 44.2 Å². The van der Waals surface area contributed by atoms with Crippen molar-refractivity contribution in [1.82, 2.24) is 14.8 Å². The first-order chi connectivity index (χ1) is 18.3. The Labute approximate surface area is 224 Å². The zero-order valence-electron chi connectivity index (χ0n) is 22.5. The summed E-state index contributed by atoms with van der Waals surface area (Å²) >= 11 is 0. The van der Waals surface area contributed by atoms with Crippen LogP contribution >= 0.6 is 0 Å². The van der Waals surface area contributed by atoms with Gasteiger partial charge >= 0.3 is 6.18 Å². The van der Waals surface area contributed by atoms with Gasteiger partial charge in [0.2, 0.25) is 5.88 Å². The summed E-state index contributed by atoms with van der Waals surface area (Å²) in [6, 6.07) is 12.4. The van der Waals surface area contributed by atoms with E-state index in [0.29, 0.717) is 31.5 Å². The highest BCUT2D eigenvalue weighted by molar-refractivity contribution is 5.68. The summed E-state index contributed by atoms with van der Waals surface area (Å²) in [7, 11) is 0. The fourth-order valence-electron chi connectivity index (χ4n) is 5.91. The van der Waals surface area contributed by atoms with Crippen molar-refractivity contribution >= 4 is 5.70 Å². The van der Waals surface area contributed by atoms with E-state index < -0.39 is 11.6 Å². The van der Waals surface area contributed by atoms with Crippen LogP contribution in [0.4, 0.5) is 13.2 Å². The second-order valence-electron chi connectivity index (χ2n) is 11.6. The molecule has 38 heavy (non-hydrogen) atoms. The van der Waals surface area contributed by atoms with Crippen molar-refractivity contribution < 1.29 is 17.9 Å². The fraction of sp³-hybridized carbons (Fsp3) is 0.581. The van der Waals surface area contributed by atoms with Gasteiger partial charge in [0.15, 0.2) is 0 Å². The first kappa shape index (κ1) is 27.0. The lowest BCUT2D eigenvalue weighted by atomic mass is 9.93. The number of benzene rings is 1. The predicted molar refractivity (Wildman–Crippen MR) is 146 cm³/mol. The number of pyridine rings is 1. The van der Waals surface area contributed by atoms with Crippen LogP contribution < -0.4 is 4.74 Å². The van der Waals surface area contributed by atoms with Crippen molar-refractivity contribution in [3.8, 4) is 17.0 Å². The zero-order chi connectivity index (χ0) is 26.8. The third kappa shape index (κ3) is 6.19. The molecule has 2 aliphatic heterocycles. The second-order valence-corrected chi connectivity index (χ2v) is 11.6. The van der Waals surface area contributed by atoms with Gasteiger partial charge in [-0.3, -0.25) is 0 Å². The van der Waals surface area contributed by atoms with Gasteiger partial charge in [0.05, 0.1) is 12.0 Å². The van der Waals surface area contributed by atoms with E-state index in [4.69, 9.17) is 4.74 Å². The first-order valence-corrected chi connectivity index (χ1v) is 14.2. The molecule has 0 N–H and O–H groups in total. The van der Waals surface area contributed by atoms with Gasteiger partial charge in [0.25, 0.3) is 0 Å². The van der Waals surface area contributed by atoms with Crippen molar-refractivity contribution in [3.05, 3.63) is 54.7 Å². The second kappa shape index (κ2) is 11.3. The average molecular weight is 528 g/mol. The van der Waals surface area contributed by atoms with Gasteiger partial charge in [-0.2, -0.15) is 13.2 Å². The Kier molecular flexibility index (Phi) is 8.03.